The molecule has 0 fully saturated rings. The molecule has 0 aliphatic carbocycles. The van der Waals surface area contributed by atoms with Gasteiger partial charge in [-0.3, -0.25) is 4.79 Å². The van der Waals surface area contributed by atoms with E-state index in [1.807, 2.05) is 0 Å². The molecular weight excluding hydrogens is 574 g/mol. The zero-order valence-corrected chi connectivity index (χ0v) is 30.6. The Bertz CT molecular complexity index is 658. The van der Waals surface area contributed by atoms with E-state index >= 15 is 0 Å². The van der Waals surface area contributed by atoms with Crippen molar-refractivity contribution < 1.29 is 25.2 Å². The average Bonchev–Trinajstić information content (AvgIpc) is 3.06. The van der Waals surface area contributed by atoms with Crippen molar-refractivity contribution in [3.8, 4) is 0 Å². The molecule has 0 heterocycles. The molecule has 0 aliphatic heterocycles. The number of unbranched alkanes of at least 4 members (excludes halogenated alkanes) is 25. The summed E-state index contributed by atoms with van der Waals surface area (Å²) in [5.41, 5.74) is 0. The Morgan fingerprint density at radius 1 is 0.522 bits per heavy atom. The fourth-order valence-electron chi connectivity index (χ4n) is 6.23. The van der Waals surface area contributed by atoms with Crippen LogP contribution in [0.3, 0.4) is 0 Å². The molecule has 6 heteroatoms. The summed E-state index contributed by atoms with van der Waals surface area (Å²) >= 11 is 0. The molecule has 0 aromatic rings. The van der Waals surface area contributed by atoms with Crippen molar-refractivity contribution in [1.29, 1.82) is 0 Å². The molecule has 0 aromatic heterocycles. The van der Waals surface area contributed by atoms with Crippen LogP contribution in [0.2, 0.25) is 0 Å². The Labute approximate surface area is 285 Å². The highest BCUT2D eigenvalue weighted by molar-refractivity contribution is 5.80. The lowest BCUT2D eigenvalue weighted by Gasteiger charge is -2.27. The Kier molecular flexibility index (Phi) is 34.6. The SMILES string of the molecule is CCCCCCCCCCCCCCCC=CCCC[C@@H](O)[C@@H](O)[C@H](CO)NC(=O)[C@H](O)CCCCCCCCCCCCCC. The lowest BCUT2D eigenvalue weighted by Crippen LogP contribution is -2.53. The number of aliphatic hydroxyl groups is 4. The third kappa shape index (κ3) is 29.2. The molecule has 0 bridgehead atoms. The maximum absolute atomic E-state index is 12.4. The summed E-state index contributed by atoms with van der Waals surface area (Å²) in [5.74, 6) is -0.593. The zero-order valence-electron chi connectivity index (χ0n) is 30.6. The summed E-state index contributed by atoms with van der Waals surface area (Å²) in [6, 6.07) is -0.995. The molecule has 274 valence electrons. The summed E-state index contributed by atoms with van der Waals surface area (Å²) in [6.45, 7) is 4.02. The highest BCUT2D eigenvalue weighted by Crippen LogP contribution is 2.15. The predicted octanol–water partition coefficient (Wildman–Crippen LogP) is 9.85. The fraction of sp³-hybridized carbons (Fsp3) is 0.925. The molecule has 0 saturated carbocycles. The summed E-state index contributed by atoms with van der Waals surface area (Å²) in [6.07, 6.45) is 36.7. The van der Waals surface area contributed by atoms with E-state index in [4.69, 9.17) is 0 Å². The van der Waals surface area contributed by atoms with Crippen LogP contribution in [0, 0.1) is 0 Å². The van der Waals surface area contributed by atoms with Gasteiger partial charge in [-0.25, -0.2) is 0 Å². The standard InChI is InChI=1S/C40H79NO5/c1-3-5-7-9-11-13-15-17-18-19-20-21-22-24-25-27-29-31-33-37(43)39(45)36(35-42)41-40(46)38(44)34-32-30-28-26-23-16-14-12-10-8-6-4-2/h25,27,36-39,42-45H,3-24,26,28-35H2,1-2H3,(H,41,46)/t36-,37+,38+,39-/m0/s1. The first-order chi connectivity index (χ1) is 22.5. The quantitative estimate of drug-likeness (QED) is 0.0342. The summed E-state index contributed by atoms with van der Waals surface area (Å²) < 4.78 is 0. The molecule has 0 aliphatic rings. The lowest BCUT2D eigenvalue weighted by atomic mass is 10.00. The molecule has 0 radical (unpaired) electrons. The average molecular weight is 654 g/mol. The number of rotatable bonds is 36. The smallest absolute Gasteiger partial charge is 0.249 e. The minimum atomic E-state index is -1.28. The summed E-state index contributed by atoms with van der Waals surface area (Å²) in [4.78, 5) is 12.4. The van der Waals surface area contributed by atoms with E-state index in [1.54, 1.807) is 0 Å². The van der Waals surface area contributed by atoms with Gasteiger partial charge in [0.2, 0.25) is 5.91 Å². The Hall–Kier alpha value is -0.950. The Morgan fingerprint density at radius 2 is 0.891 bits per heavy atom. The fourth-order valence-corrected chi connectivity index (χ4v) is 6.23. The van der Waals surface area contributed by atoms with Crippen LogP contribution in [0.5, 0.6) is 0 Å². The monoisotopic (exact) mass is 654 g/mol. The van der Waals surface area contributed by atoms with Gasteiger partial charge in [0.25, 0.3) is 0 Å². The Balaban J connectivity index is 3.80. The Morgan fingerprint density at radius 3 is 1.30 bits per heavy atom. The number of hydrogen-bond acceptors (Lipinski definition) is 5. The van der Waals surface area contributed by atoms with Crippen LogP contribution >= 0.6 is 0 Å². The number of allylic oxidation sites excluding steroid dienone is 2. The van der Waals surface area contributed by atoms with Crippen LogP contribution in [-0.2, 0) is 4.79 Å². The molecule has 0 aromatic carbocycles. The van der Waals surface area contributed by atoms with Gasteiger partial charge in [-0.05, 0) is 38.5 Å². The predicted molar refractivity (Wildman–Crippen MR) is 196 cm³/mol. The zero-order chi connectivity index (χ0) is 33.9. The maximum Gasteiger partial charge on any atom is 0.249 e. The lowest BCUT2D eigenvalue weighted by molar-refractivity contribution is -0.132. The first-order valence-electron chi connectivity index (χ1n) is 20.1. The van der Waals surface area contributed by atoms with Crippen molar-refractivity contribution in [2.45, 2.75) is 231 Å². The van der Waals surface area contributed by atoms with Gasteiger partial charge in [0.1, 0.15) is 12.2 Å². The largest absolute Gasteiger partial charge is 0.394 e. The molecule has 46 heavy (non-hydrogen) atoms. The van der Waals surface area contributed by atoms with Gasteiger partial charge >= 0.3 is 0 Å². The molecule has 5 N–H and O–H groups in total. The van der Waals surface area contributed by atoms with Gasteiger partial charge in [0.15, 0.2) is 0 Å². The second-order valence-corrected chi connectivity index (χ2v) is 14.0. The van der Waals surface area contributed by atoms with Gasteiger partial charge in [0.05, 0.1) is 18.8 Å². The third-order valence-corrected chi connectivity index (χ3v) is 9.48. The molecule has 0 saturated heterocycles. The first kappa shape index (κ1) is 45.0. The van der Waals surface area contributed by atoms with Gasteiger partial charge in [-0.15, -0.1) is 0 Å². The molecule has 4 atom stereocenters. The molecule has 0 rings (SSSR count). The van der Waals surface area contributed by atoms with E-state index in [0.29, 0.717) is 12.8 Å². The van der Waals surface area contributed by atoms with Crippen molar-refractivity contribution >= 4 is 5.91 Å². The van der Waals surface area contributed by atoms with Crippen molar-refractivity contribution in [2.24, 2.45) is 0 Å². The molecule has 0 unspecified atom stereocenters. The minimum Gasteiger partial charge on any atom is -0.394 e. The first-order valence-corrected chi connectivity index (χ1v) is 20.1. The van der Waals surface area contributed by atoms with E-state index in [9.17, 15) is 25.2 Å². The highest BCUT2D eigenvalue weighted by Gasteiger charge is 2.28. The minimum absolute atomic E-state index is 0.367. The van der Waals surface area contributed by atoms with E-state index in [-0.39, 0.29) is 0 Å². The highest BCUT2D eigenvalue weighted by atomic mass is 16.3. The number of aliphatic hydroxyl groups excluding tert-OH is 4. The van der Waals surface area contributed by atoms with Crippen molar-refractivity contribution in [3.05, 3.63) is 12.2 Å². The van der Waals surface area contributed by atoms with Crippen molar-refractivity contribution in [3.63, 3.8) is 0 Å². The van der Waals surface area contributed by atoms with Crippen LogP contribution in [0.1, 0.15) is 206 Å². The van der Waals surface area contributed by atoms with E-state index in [2.05, 4.69) is 31.3 Å². The van der Waals surface area contributed by atoms with Crippen molar-refractivity contribution in [1.82, 2.24) is 5.32 Å². The van der Waals surface area contributed by atoms with Crippen LogP contribution in [0.4, 0.5) is 0 Å². The maximum atomic E-state index is 12.4. The summed E-state index contributed by atoms with van der Waals surface area (Å²) in [5, 5.41) is 43.5. The van der Waals surface area contributed by atoms with E-state index < -0.39 is 36.9 Å². The van der Waals surface area contributed by atoms with Crippen LogP contribution in [0.25, 0.3) is 0 Å². The molecule has 6 nitrogen and oxygen atoms in total. The third-order valence-electron chi connectivity index (χ3n) is 9.48. The van der Waals surface area contributed by atoms with E-state index in [0.717, 1.165) is 38.5 Å². The second-order valence-electron chi connectivity index (χ2n) is 14.0. The topological polar surface area (TPSA) is 110 Å². The van der Waals surface area contributed by atoms with E-state index in [1.165, 1.54) is 141 Å². The number of amides is 1. The van der Waals surface area contributed by atoms with Gasteiger partial charge in [0, 0.05) is 0 Å². The van der Waals surface area contributed by atoms with Crippen LogP contribution in [0.15, 0.2) is 12.2 Å². The number of hydrogen-bond donors (Lipinski definition) is 5. The second kappa shape index (κ2) is 35.4. The summed E-state index contributed by atoms with van der Waals surface area (Å²) in [7, 11) is 0. The number of nitrogens with one attached hydrogen (secondary N) is 1. The van der Waals surface area contributed by atoms with Crippen LogP contribution in [-0.4, -0.2) is 57.3 Å². The normalized spacial score (nSPS) is 14.5. The molecular formula is C40H79NO5. The molecule has 0 spiro atoms. The molecule has 1 amide bonds. The van der Waals surface area contributed by atoms with Crippen LogP contribution < -0.4 is 5.32 Å². The van der Waals surface area contributed by atoms with Gasteiger partial charge in [-0.1, -0.05) is 180 Å². The van der Waals surface area contributed by atoms with Gasteiger partial charge < -0.3 is 25.7 Å². The number of carbonyl (C=O) groups excluding carboxylic acids is 1. The van der Waals surface area contributed by atoms with Crippen molar-refractivity contribution in [2.75, 3.05) is 6.61 Å². The van der Waals surface area contributed by atoms with Gasteiger partial charge in [-0.2, -0.15) is 0 Å². The number of carbonyl (C=O) groups is 1.